The molecule has 0 aliphatic carbocycles. The van der Waals surface area contributed by atoms with Gasteiger partial charge < -0.3 is 9.73 Å². The van der Waals surface area contributed by atoms with Crippen molar-refractivity contribution in [1.82, 2.24) is 20.1 Å². The highest BCUT2D eigenvalue weighted by Gasteiger charge is 2.18. The molecular weight excluding hydrogens is 400 g/mol. The van der Waals surface area contributed by atoms with Gasteiger partial charge in [-0.05, 0) is 35.9 Å². The molecule has 32 heavy (non-hydrogen) atoms. The Hall–Kier alpha value is -4.45. The lowest BCUT2D eigenvalue weighted by molar-refractivity contribution is 0.0924. The molecule has 0 radical (unpaired) electrons. The van der Waals surface area contributed by atoms with Crippen LogP contribution >= 0.6 is 0 Å². The van der Waals surface area contributed by atoms with Gasteiger partial charge in [0.15, 0.2) is 5.76 Å². The molecule has 3 aromatic heterocycles. The SMILES string of the molecule is O=C(NCc1cn(-c2ccccc2)nc1-c1ccncc1)c1occc1-c1ccccc1. The van der Waals surface area contributed by atoms with Crippen molar-refractivity contribution < 1.29 is 9.21 Å². The van der Waals surface area contributed by atoms with Crippen LogP contribution < -0.4 is 5.32 Å². The van der Waals surface area contributed by atoms with Gasteiger partial charge in [-0.15, -0.1) is 0 Å². The molecule has 6 heteroatoms. The number of furan rings is 1. The maximum atomic E-state index is 13.0. The van der Waals surface area contributed by atoms with Gasteiger partial charge in [0.2, 0.25) is 0 Å². The zero-order valence-electron chi connectivity index (χ0n) is 17.2. The van der Waals surface area contributed by atoms with E-state index in [1.807, 2.05) is 83.7 Å². The predicted octanol–water partition coefficient (Wildman–Crippen LogP) is 5.12. The van der Waals surface area contributed by atoms with Gasteiger partial charge in [0.05, 0.1) is 17.6 Å². The van der Waals surface area contributed by atoms with Crippen molar-refractivity contribution in [2.45, 2.75) is 6.54 Å². The molecule has 0 unspecified atom stereocenters. The molecule has 5 rings (SSSR count). The van der Waals surface area contributed by atoms with E-state index in [0.717, 1.165) is 33.6 Å². The molecule has 0 spiro atoms. The number of aromatic nitrogens is 3. The van der Waals surface area contributed by atoms with E-state index in [-0.39, 0.29) is 11.7 Å². The number of carbonyl (C=O) groups excluding carboxylic acids is 1. The average molecular weight is 420 g/mol. The van der Waals surface area contributed by atoms with Crippen molar-refractivity contribution in [3.63, 3.8) is 0 Å². The van der Waals surface area contributed by atoms with Crippen LogP contribution in [0.5, 0.6) is 0 Å². The summed E-state index contributed by atoms with van der Waals surface area (Å²) in [5.41, 5.74) is 5.25. The van der Waals surface area contributed by atoms with E-state index >= 15 is 0 Å². The Morgan fingerprint density at radius 1 is 0.875 bits per heavy atom. The van der Waals surface area contributed by atoms with E-state index in [1.54, 1.807) is 18.5 Å². The summed E-state index contributed by atoms with van der Waals surface area (Å²) in [5.74, 6) is 0.0131. The van der Waals surface area contributed by atoms with Crippen LogP contribution in [0.1, 0.15) is 16.1 Å². The van der Waals surface area contributed by atoms with Crippen LogP contribution in [-0.4, -0.2) is 20.7 Å². The molecule has 0 aliphatic heterocycles. The normalized spacial score (nSPS) is 10.8. The predicted molar refractivity (Wildman–Crippen MR) is 122 cm³/mol. The second-order valence-corrected chi connectivity index (χ2v) is 7.23. The third kappa shape index (κ3) is 3.94. The van der Waals surface area contributed by atoms with E-state index < -0.39 is 0 Å². The summed E-state index contributed by atoms with van der Waals surface area (Å²) < 4.78 is 7.34. The average Bonchev–Trinajstić information content (AvgIpc) is 3.52. The molecule has 0 aliphatic rings. The van der Waals surface area contributed by atoms with Gasteiger partial charge in [0.1, 0.15) is 0 Å². The standard InChI is InChI=1S/C26H20N4O2/c31-26(25-23(13-16-32-25)19-7-3-1-4-8-19)28-17-21-18-30(22-9-5-2-6-10-22)29-24(21)20-11-14-27-15-12-20/h1-16,18H,17H2,(H,28,31). The molecule has 0 bridgehead atoms. The molecule has 5 aromatic rings. The minimum absolute atomic E-state index is 0.276. The number of nitrogens with one attached hydrogen (secondary N) is 1. The maximum Gasteiger partial charge on any atom is 0.287 e. The van der Waals surface area contributed by atoms with E-state index in [2.05, 4.69) is 10.3 Å². The maximum absolute atomic E-state index is 13.0. The van der Waals surface area contributed by atoms with Gasteiger partial charge in [-0.3, -0.25) is 9.78 Å². The van der Waals surface area contributed by atoms with Crippen LogP contribution in [0, 0.1) is 0 Å². The third-order valence-electron chi connectivity index (χ3n) is 5.16. The van der Waals surface area contributed by atoms with Crippen molar-refractivity contribution in [3.8, 4) is 28.1 Å². The Morgan fingerprint density at radius 2 is 1.59 bits per heavy atom. The van der Waals surface area contributed by atoms with Crippen LogP contribution in [0.3, 0.4) is 0 Å². The molecular formula is C26H20N4O2. The first-order valence-electron chi connectivity index (χ1n) is 10.2. The summed E-state index contributed by atoms with van der Waals surface area (Å²) in [6.45, 7) is 0.304. The van der Waals surface area contributed by atoms with Gasteiger partial charge in [0.25, 0.3) is 5.91 Å². The minimum Gasteiger partial charge on any atom is -0.459 e. The summed E-state index contributed by atoms with van der Waals surface area (Å²) >= 11 is 0. The van der Waals surface area contributed by atoms with E-state index in [9.17, 15) is 4.79 Å². The van der Waals surface area contributed by atoms with Crippen molar-refractivity contribution in [2.75, 3.05) is 0 Å². The van der Waals surface area contributed by atoms with Crippen molar-refractivity contribution in [1.29, 1.82) is 0 Å². The first-order chi connectivity index (χ1) is 15.8. The number of para-hydroxylation sites is 1. The van der Waals surface area contributed by atoms with E-state index in [0.29, 0.717) is 6.54 Å². The molecule has 0 saturated carbocycles. The number of amides is 1. The van der Waals surface area contributed by atoms with Crippen LogP contribution in [0.15, 0.2) is 108 Å². The minimum atomic E-state index is -0.276. The first-order valence-corrected chi connectivity index (χ1v) is 10.2. The second-order valence-electron chi connectivity index (χ2n) is 7.23. The Balaban J connectivity index is 1.43. The van der Waals surface area contributed by atoms with Gasteiger partial charge in [0, 0.05) is 41.8 Å². The fourth-order valence-corrected chi connectivity index (χ4v) is 3.59. The molecule has 0 atom stereocenters. The highest BCUT2D eigenvalue weighted by molar-refractivity contribution is 5.98. The first kappa shape index (κ1) is 19.5. The van der Waals surface area contributed by atoms with Gasteiger partial charge in [-0.25, -0.2) is 4.68 Å². The lowest BCUT2D eigenvalue weighted by Crippen LogP contribution is -2.23. The molecule has 0 saturated heterocycles. The summed E-state index contributed by atoms with van der Waals surface area (Å²) in [5, 5.41) is 7.76. The third-order valence-corrected chi connectivity index (χ3v) is 5.16. The largest absolute Gasteiger partial charge is 0.459 e. The van der Waals surface area contributed by atoms with E-state index in [4.69, 9.17) is 9.52 Å². The van der Waals surface area contributed by atoms with Gasteiger partial charge in [-0.2, -0.15) is 5.10 Å². The lowest BCUT2D eigenvalue weighted by atomic mass is 10.1. The Labute approximate surface area is 185 Å². The highest BCUT2D eigenvalue weighted by atomic mass is 16.3. The van der Waals surface area contributed by atoms with Crippen molar-refractivity contribution in [2.24, 2.45) is 0 Å². The molecule has 1 N–H and O–H groups in total. The molecule has 0 fully saturated rings. The highest BCUT2D eigenvalue weighted by Crippen LogP contribution is 2.26. The number of hydrogen-bond acceptors (Lipinski definition) is 4. The fraction of sp³-hybridized carbons (Fsp3) is 0.0385. The van der Waals surface area contributed by atoms with E-state index in [1.165, 1.54) is 6.26 Å². The number of carbonyl (C=O) groups is 1. The number of pyridine rings is 1. The van der Waals surface area contributed by atoms with Crippen LogP contribution in [0.4, 0.5) is 0 Å². The monoisotopic (exact) mass is 420 g/mol. The zero-order chi connectivity index (χ0) is 21.8. The van der Waals surface area contributed by atoms with Crippen LogP contribution in [0.25, 0.3) is 28.1 Å². The molecule has 1 amide bonds. The van der Waals surface area contributed by atoms with Crippen LogP contribution in [-0.2, 0) is 6.54 Å². The lowest BCUT2D eigenvalue weighted by Gasteiger charge is -2.06. The Bertz CT molecular complexity index is 1330. The van der Waals surface area contributed by atoms with Gasteiger partial charge in [-0.1, -0.05) is 48.5 Å². The Kier molecular flexibility index (Phi) is 5.32. The molecule has 3 heterocycles. The number of nitrogens with zero attached hydrogens (tertiary/aromatic N) is 3. The summed E-state index contributed by atoms with van der Waals surface area (Å²) in [7, 11) is 0. The van der Waals surface area contributed by atoms with Crippen molar-refractivity contribution >= 4 is 5.91 Å². The molecule has 156 valence electrons. The smallest absolute Gasteiger partial charge is 0.287 e. The summed E-state index contributed by atoms with van der Waals surface area (Å²) in [4.78, 5) is 17.1. The topological polar surface area (TPSA) is 73.0 Å². The number of rotatable bonds is 6. The second kappa shape index (κ2) is 8.73. The van der Waals surface area contributed by atoms with Crippen molar-refractivity contribution in [3.05, 3.63) is 115 Å². The number of benzene rings is 2. The quantitative estimate of drug-likeness (QED) is 0.414. The number of hydrogen-bond donors (Lipinski definition) is 1. The van der Waals surface area contributed by atoms with Gasteiger partial charge >= 0.3 is 0 Å². The molecule has 6 nitrogen and oxygen atoms in total. The summed E-state index contributed by atoms with van der Waals surface area (Å²) in [6.07, 6.45) is 6.93. The fourth-order valence-electron chi connectivity index (χ4n) is 3.59. The van der Waals surface area contributed by atoms with Crippen LogP contribution in [0.2, 0.25) is 0 Å². The summed E-state index contributed by atoms with van der Waals surface area (Å²) in [6, 6.07) is 25.2. The molecule has 2 aromatic carbocycles. The zero-order valence-corrected chi connectivity index (χ0v) is 17.2. The Morgan fingerprint density at radius 3 is 2.34 bits per heavy atom.